The summed E-state index contributed by atoms with van der Waals surface area (Å²) >= 11 is 0. The highest BCUT2D eigenvalue weighted by molar-refractivity contribution is 5.95. The Morgan fingerprint density at radius 3 is 2.91 bits per heavy atom. The Labute approximate surface area is 126 Å². The van der Waals surface area contributed by atoms with Crippen LogP contribution in [0.5, 0.6) is 0 Å². The van der Waals surface area contributed by atoms with Gasteiger partial charge in [-0.15, -0.1) is 0 Å². The van der Waals surface area contributed by atoms with Gasteiger partial charge in [-0.05, 0) is 25.1 Å². The van der Waals surface area contributed by atoms with Gasteiger partial charge in [0.15, 0.2) is 5.76 Å². The number of benzene rings is 1. The van der Waals surface area contributed by atoms with E-state index in [4.69, 9.17) is 4.42 Å². The smallest absolute Gasteiger partial charge is 0.287 e. The van der Waals surface area contributed by atoms with Gasteiger partial charge in [0, 0.05) is 18.0 Å². The van der Waals surface area contributed by atoms with Crippen LogP contribution >= 0.6 is 0 Å². The van der Waals surface area contributed by atoms with Gasteiger partial charge in [0.2, 0.25) is 0 Å². The fourth-order valence-corrected chi connectivity index (χ4v) is 2.17. The number of rotatable bonds is 4. The highest BCUT2D eigenvalue weighted by Crippen LogP contribution is 2.18. The number of aryl methyl sites for hydroxylation is 1. The molecule has 0 fully saturated rings. The number of carbonyl (C=O) groups is 1. The molecule has 0 radical (unpaired) electrons. The van der Waals surface area contributed by atoms with Crippen LogP contribution in [0.1, 0.15) is 16.2 Å². The molecule has 0 atom stereocenters. The third-order valence-electron chi connectivity index (χ3n) is 3.26. The first-order chi connectivity index (χ1) is 10.6. The van der Waals surface area contributed by atoms with E-state index in [1.54, 1.807) is 12.1 Å². The lowest BCUT2D eigenvalue weighted by Crippen LogP contribution is -2.31. The maximum Gasteiger partial charge on any atom is 0.287 e. The average molecular weight is 297 g/mol. The van der Waals surface area contributed by atoms with E-state index in [9.17, 15) is 9.59 Å². The zero-order valence-corrected chi connectivity index (χ0v) is 12.1. The molecule has 112 valence electrons. The van der Waals surface area contributed by atoms with E-state index in [0.29, 0.717) is 18.7 Å². The summed E-state index contributed by atoms with van der Waals surface area (Å²) < 4.78 is 6.81. The van der Waals surface area contributed by atoms with E-state index >= 15 is 0 Å². The Bertz CT molecular complexity index is 846. The second kappa shape index (κ2) is 5.85. The van der Waals surface area contributed by atoms with Crippen molar-refractivity contribution in [1.29, 1.82) is 0 Å². The van der Waals surface area contributed by atoms with Gasteiger partial charge in [0.05, 0.1) is 12.2 Å². The standard InChI is InChI=1S/C16H15N3O3/c1-11-6-7-15(20)19(18-11)9-8-17-16(21)14-10-12-4-2-3-5-13(12)22-14/h2-7,10H,8-9H2,1H3,(H,17,21). The van der Waals surface area contributed by atoms with Crippen LogP contribution in [0.4, 0.5) is 0 Å². The molecule has 3 rings (SSSR count). The molecule has 1 amide bonds. The molecule has 1 aromatic carbocycles. The normalized spacial score (nSPS) is 10.8. The SMILES string of the molecule is Cc1ccc(=O)n(CCNC(=O)c2cc3ccccc3o2)n1. The van der Waals surface area contributed by atoms with Crippen molar-refractivity contribution in [2.45, 2.75) is 13.5 Å². The molecule has 6 nitrogen and oxygen atoms in total. The number of carbonyl (C=O) groups excluding carboxylic acids is 1. The summed E-state index contributed by atoms with van der Waals surface area (Å²) in [5.41, 5.74) is 1.23. The largest absolute Gasteiger partial charge is 0.451 e. The molecule has 22 heavy (non-hydrogen) atoms. The number of furan rings is 1. The van der Waals surface area contributed by atoms with Gasteiger partial charge in [-0.25, -0.2) is 4.68 Å². The number of hydrogen-bond donors (Lipinski definition) is 1. The van der Waals surface area contributed by atoms with Gasteiger partial charge < -0.3 is 9.73 Å². The van der Waals surface area contributed by atoms with E-state index in [1.165, 1.54) is 10.7 Å². The second-order valence-corrected chi connectivity index (χ2v) is 4.94. The Hall–Kier alpha value is -2.89. The van der Waals surface area contributed by atoms with Gasteiger partial charge in [0.1, 0.15) is 5.58 Å². The van der Waals surface area contributed by atoms with Crippen LogP contribution in [-0.2, 0) is 6.54 Å². The molecule has 0 saturated heterocycles. The zero-order valence-electron chi connectivity index (χ0n) is 12.1. The molecule has 2 aromatic heterocycles. The van der Waals surface area contributed by atoms with Gasteiger partial charge in [-0.2, -0.15) is 5.10 Å². The summed E-state index contributed by atoms with van der Waals surface area (Å²) in [4.78, 5) is 23.6. The molecule has 3 aromatic rings. The van der Waals surface area contributed by atoms with Crippen molar-refractivity contribution in [3.05, 3.63) is 64.3 Å². The maximum atomic E-state index is 12.0. The van der Waals surface area contributed by atoms with Crippen molar-refractivity contribution in [1.82, 2.24) is 15.1 Å². The minimum Gasteiger partial charge on any atom is -0.451 e. The van der Waals surface area contributed by atoms with E-state index < -0.39 is 0 Å². The topological polar surface area (TPSA) is 77.1 Å². The quantitative estimate of drug-likeness (QED) is 0.795. The predicted molar refractivity (Wildman–Crippen MR) is 81.8 cm³/mol. The van der Waals surface area contributed by atoms with Crippen LogP contribution in [-0.4, -0.2) is 22.2 Å². The van der Waals surface area contributed by atoms with Crippen LogP contribution in [0.2, 0.25) is 0 Å². The summed E-state index contributed by atoms with van der Waals surface area (Å²) in [6.45, 7) is 2.42. The van der Waals surface area contributed by atoms with Crippen molar-refractivity contribution in [3.63, 3.8) is 0 Å². The van der Waals surface area contributed by atoms with Gasteiger partial charge in [-0.1, -0.05) is 18.2 Å². The molecule has 0 spiro atoms. The monoisotopic (exact) mass is 297 g/mol. The van der Waals surface area contributed by atoms with Crippen LogP contribution in [0.15, 0.2) is 51.7 Å². The number of hydrogen-bond acceptors (Lipinski definition) is 4. The lowest BCUT2D eigenvalue weighted by atomic mass is 10.2. The Balaban J connectivity index is 1.65. The number of para-hydroxylation sites is 1. The molecule has 0 saturated carbocycles. The third kappa shape index (κ3) is 2.90. The van der Waals surface area contributed by atoms with Crippen LogP contribution in [0.3, 0.4) is 0 Å². The van der Waals surface area contributed by atoms with Crippen molar-refractivity contribution >= 4 is 16.9 Å². The summed E-state index contributed by atoms with van der Waals surface area (Å²) in [6.07, 6.45) is 0. The number of aromatic nitrogens is 2. The van der Waals surface area contributed by atoms with Crippen molar-refractivity contribution in [2.75, 3.05) is 6.54 Å². The molecular formula is C16H15N3O3. The van der Waals surface area contributed by atoms with Gasteiger partial charge in [0.25, 0.3) is 11.5 Å². The van der Waals surface area contributed by atoms with Gasteiger partial charge in [-0.3, -0.25) is 9.59 Å². The Morgan fingerprint density at radius 2 is 2.09 bits per heavy atom. The summed E-state index contributed by atoms with van der Waals surface area (Å²) in [5, 5.41) is 7.71. The molecule has 1 N–H and O–H groups in total. The molecule has 2 heterocycles. The van der Waals surface area contributed by atoms with E-state index in [2.05, 4.69) is 10.4 Å². The first-order valence-corrected chi connectivity index (χ1v) is 6.95. The first kappa shape index (κ1) is 14.1. The van der Waals surface area contributed by atoms with E-state index in [1.807, 2.05) is 31.2 Å². The summed E-state index contributed by atoms with van der Waals surface area (Å²) in [7, 11) is 0. The summed E-state index contributed by atoms with van der Waals surface area (Å²) in [5.74, 6) is -0.0531. The van der Waals surface area contributed by atoms with Crippen LogP contribution in [0.25, 0.3) is 11.0 Å². The average Bonchev–Trinajstić information content (AvgIpc) is 2.94. The maximum absolute atomic E-state index is 12.0. The fourth-order valence-electron chi connectivity index (χ4n) is 2.17. The Morgan fingerprint density at radius 1 is 1.27 bits per heavy atom. The first-order valence-electron chi connectivity index (χ1n) is 6.95. The predicted octanol–water partition coefficient (Wildman–Crippen LogP) is 1.73. The number of fused-ring (bicyclic) bond motifs is 1. The molecule has 0 bridgehead atoms. The Kier molecular flexibility index (Phi) is 3.74. The fraction of sp³-hybridized carbons (Fsp3) is 0.188. The molecule has 6 heteroatoms. The number of amides is 1. The van der Waals surface area contributed by atoms with Crippen LogP contribution < -0.4 is 10.9 Å². The number of nitrogens with zero attached hydrogens (tertiary/aromatic N) is 2. The minimum absolute atomic E-state index is 0.191. The second-order valence-electron chi connectivity index (χ2n) is 4.94. The highest BCUT2D eigenvalue weighted by atomic mass is 16.3. The van der Waals surface area contributed by atoms with Crippen molar-refractivity contribution < 1.29 is 9.21 Å². The molecule has 0 aliphatic heterocycles. The lowest BCUT2D eigenvalue weighted by molar-refractivity contribution is 0.0926. The minimum atomic E-state index is -0.308. The van der Waals surface area contributed by atoms with Crippen molar-refractivity contribution in [3.8, 4) is 0 Å². The third-order valence-corrected chi connectivity index (χ3v) is 3.26. The van der Waals surface area contributed by atoms with Crippen LogP contribution in [0, 0.1) is 6.92 Å². The highest BCUT2D eigenvalue weighted by Gasteiger charge is 2.11. The molecule has 0 unspecified atom stereocenters. The molecule has 0 aliphatic rings. The molecule has 0 aliphatic carbocycles. The molecular weight excluding hydrogens is 282 g/mol. The number of nitrogens with one attached hydrogen (secondary N) is 1. The van der Waals surface area contributed by atoms with E-state index in [-0.39, 0.29) is 17.2 Å². The van der Waals surface area contributed by atoms with Crippen molar-refractivity contribution in [2.24, 2.45) is 0 Å². The lowest BCUT2D eigenvalue weighted by Gasteiger charge is -2.05. The van der Waals surface area contributed by atoms with Gasteiger partial charge >= 0.3 is 0 Å². The zero-order chi connectivity index (χ0) is 15.5. The summed E-state index contributed by atoms with van der Waals surface area (Å²) in [6, 6.07) is 12.2. The van der Waals surface area contributed by atoms with E-state index in [0.717, 1.165) is 11.1 Å².